The number of halogens is 1. The Hall–Kier alpha value is -4.19. The van der Waals surface area contributed by atoms with Crippen LogP contribution in [0, 0.1) is 11.3 Å². The van der Waals surface area contributed by atoms with Crippen molar-refractivity contribution in [3.05, 3.63) is 76.9 Å². The lowest BCUT2D eigenvalue weighted by atomic mass is 10.1. The largest absolute Gasteiger partial charge is 0.494 e. The number of fused-ring (bicyclic) bond motifs is 1. The average molecular weight is 558 g/mol. The van der Waals surface area contributed by atoms with Gasteiger partial charge in [0.15, 0.2) is 0 Å². The van der Waals surface area contributed by atoms with Crippen molar-refractivity contribution in [2.24, 2.45) is 0 Å². The van der Waals surface area contributed by atoms with Crippen LogP contribution in [0.15, 0.2) is 60.8 Å². The van der Waals surface area contributed by atoms with Crippen molar-refractivity contribution in [1.29, 1.82) is 5.26 Å². The van der Waals surface area contributed by atoms with E-state index in [0.29, 0.717) is 57.9 Å². The number of nitrogens with zero attached hydrogens (tertiary/aromatic N) is 3. The predicted molar refractivity (Wildman–Crippen MR) is 159 cm³/mol. The monoisotopic (exact) mass is 557 g/mol. The Morgan fingerprint density at radius 2 is 1.85 bits per heavy atom. The molecule has 0 bridgehead atoms. The van der Waals surface area contributed by atoms with Crippen LogP contribution in [-0.2, 0) is 6.61 Å². The van der Waals surface area contributed by atoms with Gasteiger partial charge in [-0.05, 0) is 68.8 Å². The molecule has 0 spiro atoms. The third kappa shape index (κ3) is 6.33. The summed E-state index contributed by atoms with van der Waals surface area (Å²) in [6.07, 6.45) is 3.56. The number of nitriles is 1. The highest BCUT2D eigenvalue weighted by atomic mass is 35.5. The molecule has 0 aliphatic carbocycles. The van der Waals surface area contributed by atoms with Crippen molar-refractivity contribution in [2.75, 3.05) is 37.8 Å². The van der Waals surface area contributed by atoms with Gasteiger partial charge in [-0.25, -0.2) is 0 Å². The smallest absolute Gasteiger partial charge is 0.144 e. The SMILES string of the molecule is CCOc1ccc(COc2ccc(Nc3c(C#N)cnc4cc(OC5CCN(C)CC5)c(N)cc34)cc2Cl)cc1. The van der Waals surface area contributed by atoms with E-state index in [4.69, 9.17) is 31.5 Å². The third-order valence-corrected chi connectivity index (χ3v) is 7.20. The van der Waals surface area contributed by atoms with Gasteiger partial charge in [-0.3, -0.25) is 4.98 Å². The summed E-state index contributed by atoms with van der Waals surface area (Å²) < 4.78 is 17.7. The molecule has 1 fully saturated rings. The third-order valence-electron chi connectivity index (χ3n) is 6.91. The first-order valence-corrected chi connectivity index (χ1v) is 13.7. The van der Waals surface area contributed by atoms with E-state index in [1.807, 2.05) is 49.4 Å². The molecule has 0 amide bonds. The lowest BCUT2D eigenvalue weighted by molar-refractivity contribution is 0.115. The predicted octanol–water partition coefficient (Wildman–Crippen LogP) is 6.54. The van der Waals surface area contributed by atoms with Gasteiger partial charge < -0.3 is 30.2 Å². The Morgan fingerprint density at radius 1 is 1.07 bits per heavy atom. The van der Waals surface area contributed by atoms with Gasteiger partial charge in [0.1, 0.15) is 36.0 Å². The highest BCUT2D eigenvalue weighted by Gasteiger charge is 2.20. The van der Waals surface area contributed by atoms with Crippen molar-refractivity contribution in [3.63, 3.8) is 0 Å². The Balaban J connectivity index is 1.33. The Morgan fingerprint density at radius 3 is 2.55 bits per heavy atom. The first-order chi connectivity index (χ1) is 19.4. The molecule has 0 atom stereocenters. The highest BCUT2D eigenvalue weighted by molar-refractivity contribution is 6.32. The van der Waals surface area contributed by atoms with Crippen LogP contribution < -0.4 is 25.3 Å². The Bertz CT molecular complexity index is 1530. The van der Waals surface area contributed by atoms with Crippen LogP contribution in [0.5, 0.6) is 17.2 Å². The Kier molecular flexibility index (Phi) is 8.44. The molecule has 1 saturated heterocycles. The van der Waals surface area contributed by atoms with Crippen LogP contribution in [-0.4, -0.2) is 42.7 Å². The first kappa shape index (κ1) is 27.4. The summed E-state index contributed by atoms with van der Waals surface area (Å²) in [6, 6.07) is 19.1. The second-order valence-corrected chi connectivity index (χ2v) is 10.2. The molecule has 206 valence electrons. The number of hydrogen-bond donors (Lipinski definition) is 2. The molecule has 0 unspecified atom stereocenters. The van der Waals surface area contributed by atoms with Crippen molar-refractivity contribution in [1.82, 2.24) is 9.88 Å². The fraction of sp³-hybridized carbons (Fsp3) is 0.290. The molecule has 1 aliphatic rings. The van der Waals surface area contributed by atoms with Crippen molar-refractivity contribution < 1.29 is 14.2 Å². The number of ether oxygens (including phenoxy) is 3. The van der Waals surface area contributed by atoms with Crippen LogP contribution in [0.3, 0.4) is 0 Å². The molecule has 0 radical (unpaired) electrons. The van der Waals surface area contributed by atoms with Crippen LogP contribution in [0.4, 0.5) is 17.1 Å². The standard InChI is InChI=1S/C31H32ClN5O3/c1-3-38-23-7-4-20(5-8-23)19-39-29-9-6-22(14-26(29)32)36-31-21(17-33)18-35-28-16-30(27(34)15-25(28)31)40-24-10-12-37(2)13-11-24/h4-9,14-16,18,24H,3,10-13,19,34H2,1-2H3,(H,35,36). The van der Waals surface area contributed by atoms with Gasteiger partial charge in [-0.2, -0.15) is 5.26 Å². The van der Waals surface area contributed by atoms with E-state index in [1.165, 1.54) is 0 Å². The summed E-state index contributed by atoms with van der Waals surface area (Å²) in [6.45, 7) is 4.92. The molecule has 2 heterocycles. The molecule has 8 nitrogen and oxygen atoms in total. The van der Waals surface area contributed by atoms with Crippen LogP contribution >= 0.6 is 11.6 Å². The zero-order chi connectivity index (χ0) is 28.1. The minimum Gasteiger partial charge on any atom is -0.494 e. The molecular formula is C31H32ClN5O3. The molecule has 4 aromatic rings. The number of hydrogen-bond acceptors (Lipinski definition) is 8. The number of nitrogen functional groups attached to an aromatic ring is 1. The fourth-order valence-electron chi connectivity index (χ4n) is 4.69. The lowest BCUT2D eigenvalue weighted by Crippen LogP contribution is -2.35. The average Bonchev–Trinajstić information content (AvgIpc) is 2.95. The second-order valence-electron chi connectivity index (χ2n) is 9.82. The van der Waals surface area contributed by atoms with Crippen molar-refractivity contribution in [2.45, 2.75) is 32.5 Å². The molecule has 3 aromatic carbocycles. The van der Waals surface area contributed by atoms with E-state index < -0.39 is 0 Å². The van der Waals surface area contributed by atoms with Crippen LogP contribution in [0.2, 0.25) is 5.02 Å². The maximum Gasteiger partial charge on any atom is 0.144 e. The van der Waals surface area contributed by atoms with E-state index in [2.05, 4.69) is 28.3 Å². The summed E-state index contributed by atoms with van der Waals surface area (Å²) in [7, 11) is 2.11. The van der Waals surface area contributed by atoms with E-state index in [-0.39, 0.29) is 6.10 Å². The number of anilines is 3. The maximum absolute atomic E-state index is 9.80. The number of likely N-dealkylation sites (tertiary alicyclic amines) is 1. The second kappa shape index (κ2) is 12.3. The number of rotatable bonds is 9. The summed E-state index contributed by atoms with van der Waals surface area (Å²) in [4.78, 5) is 6.79. The normalized spacial score (nSPS) is 14.1. The van der Waals surface area contributed by atoms with Crippen LogP contribution in [0.25, 0.3) is 10.9 Å². The van der Waals surface area contributed by atoms with Gasteiger partial charge in [0.2, 0.25) is 0 Å². The molecular weight excluding hydrogens is 526 g/mol. The van der Waals surface area contributed by atoms with Crippen LogP contribution in [0.1, 0.15) is 30.9 Å². The minimum absolute atomic E-state index is 0.115. The first-order valence-electron chi connectivity index (χ1n) is 13.3. The quantitative estimate of drug-likeness (QED) is 0.224. The summed E-state index contributed by atoms with van der Waals surface area (Å²) in [5.74, 6) is 1.99. The topological polar surface area (TPSA) is 106 Å². The number of piperidine rings is 1. The number of benzene rings is 3. The summed E-state index contributed by atoms with van der Waals surface area (Å²) >= 11 is 6.57. The number of aromatic nitrogens is 1. The van der Waals surface area contributed by atoms with Gasteiger partial charge in [0.05, 0.1) is 34.1 Å². The zero-order valence-electron chi connectivity index (χ0n) is 22.6. The fourth-order valence-corrected chi connectivity index (χ4v) is 4.93. The van der Waals surface area contributed by atoms with Gasteiger partial charge in [0.25, 0.3) is 0 Å². The van der Waals surface area contributed by atoms with Gasteiger partial charge >= 0.3 is 0 Å². The summed E-state index contributed by atoms with van der Waals surface area (Å²) in [5, 5.41) is 14.3. The molecule has 0 saturated carbocycles. The van der Waals surface area contributed by atoms with Gasteiger partial charge in [-0.1, -0.05) is 23.7 Å². The Labute approximate surface area is 239 Å². The maximum atomic E-state index is 9.80. The number of nitrogens with two attached hydrogens (primary N) is 1. The summed E-state index contributed by atoms with van der Waals surface area (Å²) in [5.41, 5.74) is 10.3. The molecule has 5 rings (SSSR count). The van der Waals surface area contributed by atoms with E-state index in [0.717, 1.165) is 42.6 Å². The van der Waals surface area contributed by atoms with Gasteiger partial charge in [0, 0.05) is 36.4 Å². The van der Waals surface area contributed by atoms with E-state index in [9.17, 15) is 5.26 Å². The molecule has 1 aliphatic heterocycles. The lowest BCUT2D eigenvalue weighted by Gasteiger charge is -2.29. The van der Waals surface area contributed by atoms with Gasteiger partial charge in [-0.15, -0.1) is 0 Å². The number of nitrogens with one attached hydrogen (secondary N) is 1. The number of pyridine rings is 1. The van der Waals surface area contributed by atoms with Crippen molar-refractivity contribution in [3.8, 4) is 23.3 Å². The molecule has 9 heteroatoms. The molecule has 40 heavy (non-hydrogen) atoms. The molecule has 3 N–H and O–H groups in total. The highest BCUT2D eigenvalue weighted by Crippen LogP contribution is 2.37. The van der Waals surface area contributed by atoms with E-state index >= 15 is 0 Å². The van der Waals surface area contributed by atoms with E-state index in [1.54, 1.807) is 18.3 Å². The zero-order valence-corrected chi connectivity index (χ0v) is 23.4. The minimum atomic E-state index is 0.115. The molecule has 1 aromatic heterocycles. The van der Waals surface area contributed by atoms with Crippen molar-refractivity contribution >= 4 is 39.6 Å².